The summed E-state index contributed by atoms with van der Waals surface area (Å²) in [4.78, 5) is 14.4. The van der Waals surface area contributed by atoms with Crippen LogP contribution in [0, 0.1) is 13.8 Å². The van der Waals surface area contributed by atoms with Crippen molar-refractivity contribution in [3.63, 3.8) is 0 Å². The number of carbonyl (C=O) groups is 1. The molecule has 1 aliphatic rings. The zero-order chi connectivity index (χ0) is 14.5. The molecule has 0 aliphatic carbocycles. The third-order valence-electron chi connectivity index (χ3n) is 3.70. The molecular weight excluding hydrogens is 252 g/mol. The van der Waals surface area contributed by atoms with Crippen molar-refractivity contribution in [2.75, 3.05) is 26.2 Å². The molecule has 1 aromatic carbocycles. The maximum absolute atomic E-state index is 12.5. The smallest absolute Gasteiger partial charge is 0.263 e. The highest BCUT2D eigenvalue weighted by Crippen LogP contribution is 2.24. The van der Waals surface area contributed by atoms with Crippen molar-refractivity contribution >= 4 is 5.91 Å². The summed E-state index contributed by atoms with van der Waals surface area (Å²) in [6.07, 6.45) is 0.565. The minimum absolute atomic E-state index is 0.0800. The zero-order valence-electron chi connectivity index (χ0n) is 12.6. The van der Waals surface area contributed by atoms with Crippen molar-refractivity contribution in [3.8, 4) is 5.75 Å². The molecule has 1 aliphatic heterocycles. The molecule has 0 radical (unpaired) electrons. The highest BCUT2D eigenvalue weighted by Gasteiger charge is 2.23. The molecule has 1 heterocycles. The number of amides is 1. The van der Waals surface area contributed by atoms with Gasteiger partial charge in [0.15, 0.2) is 6.10 Å². The largest absolute Gasteiger partial charge is 0.480 e. The van der Waals surface area contributed by atoms with E-state index in [1.165, 1.54) is 0 Å². The number of nitrogens with zero attached hydrogens (tertiary/aromatic N) is 1. The first-order valence-corrected chi connectivity index (χ1v) is 7.32. The first-order chi connectivity index (χ1) is 9.59. The third-order valence-corrected chi connectivity index (χ3v) is 3.70. The molecule has 1 aromatic rings. The fourth-order valence-corrected chi connectivity index (χ4v) is 2.54. The van der Waals surface area contributed by atoms with Gasteiger partial charge in [0.1, 0.15) is 5.75 Å². The van der Waals surface area contributed by atoms with Gasteiger partial charge in [0, 0.05) is 19.6 Å². The standard InChI is InChI=1S/C16H24N2O2/c1-12-6-4-7-13(2)15(12)20-14(3)16(19)18-10-5-8-17-9-11-18/h4,6-7,14,17H,5,8-11H2,1-3H3. The van der Waals surface area contributed by atoms with Gasteiger partial charge in [-0.15, -0.1) is 0 Å². The van der Waals surface area contributed by atoms with Gasteiger partial charge in [0.25, 0.3) is 5.91 Å². The van der Waals surface area contributed by atoms with E-state index in [0.717, 1.165) is 49.5 Å². The van der Waals surface area contributed by atoms with Gasteiger partial charge in [-0.2, -0.15) is 0 Å². The molecule has 1 amide bonds. The number of nitrogens with one attached hydrogen (secondary N) is 1. The van der Waals surface area contributed by atoms with E-state index in [2.05, 4.69) is 5.32 Å². The van der Waals surface area contributed by atoms with Crippen LogP contribution in [0.25, 0.3) is 0 Å². The maximum atomic E-state index is 12.5. The Morgan fingerprint density at radius 2 is 1.95 bits per heavy atom. The van der Waals surface area contributed by atoms with Gasteiger partial charge in [-0.05, 0) is 44.9 Å². The lowest BCUT2D eigenvalue weighted by Gasteiger charge is -2.25. The summed E-state index contributed by atoms with van der Waals surface area (Å²) in [6, 6.07) is 6.02. The summed E-state index contributed by atoms with van der Waals surface area (Å²) < 4.78 is 5.92. The van der Waals surface area contributed by atoms with Crippen molar-refractivity contribution in [3.05, 3.63) is 29.3 Å². The molecule has 0 saturated carbocycles. The van der Waals surface area contributed by atoms with Crippen LogP contribution in [0.3, 0.4) is 0 Å². The van der Waals surface area contributed by atoms with Gasteiger partial charge in [0.05, 0.1) is 0 Å². The second-order valence-corrected chi connectivity index (χ2v) is 5.41. The fraction of sp³-hybridized carbons (Fsp3) is 0.562. The number of hydrogen-bond donors (Lipinski definition) is 1. The molecule has 0 spiro atoms. The summed E-state index contributed by atoms with van der Waals surface area (Å²) in [5, 5.41) is 3.30. The molecular formula is C16H24N2O2. The van der Waals surface area contributed by atoms with E-state index in [1.54, 1.807) is 0 Å². The second kappa shape index (κ2) is 6.75. The van der Waals surface area contributed by atoms with Crippen LogP contribution in [0.5, 0.6) is 5.75 Å². The summed E-state index contributed by atoms with van der Waals surface area (Å²) in [5.41, 5.74) is 2.14. The quantitative estimate of drug-likeness (QED) is 0.916. The van der Waals surface area contributed by atoms with E-state index in [-0.39, 0.29) is 5.91 Å². The van der Waals surface area contributed by atoms with Crippen LogP contribution in [0.4, 0.5) is 0 Å². The van der Waals surface area contributed by atoms with Crippen molar-refractivity contribution in [1.82, 2.24) is 10.2 Å². The van der Waals surface area contributed by atoms with Crippen molar-refractivity contribution in [2.45, 2.75) is 33.3 Å². The lowest BCUT2D eigenvalue weighted by atomic mass is 10.1. The number of ether oxygens (including phenoxy) is 1. The lowest BCUT2D eigenvalue weighted by Crippen LogP contribution is -2.42. The van der Waals surface area contributed by atoms with E-state index in [4.69, 9.17) is 4.74 Å². The number of carbonyl (C=O) groups excluding carboxylic acids is 1. The van der Waals surface area contributed by atoms with Crippen molar-refractivity contribution < 1.29 is 9.53 Å². The average Bonchev–Trinajstić information content (AvgIpc) is 2.71. The normalized spacial score (nSPS) is 17.4. The minimum atomic E-state index is -0.437. The Hall–Kier alpha value is -1.55. The van der Waals surface area contributed by atoms with E-state index in [1.807, 2.05) is 43.9 Å². The number of benzene rings is 1. The Balaban J connectivity index is 2.03. The number of para-hydroxylation sites is 1. The summed E-state index contributed by atoms with van der Waals surface area (Å²) in [6.45, 7) is 9.28. The van der Waals surface area contributed by atoms with Gasteiger partial charge in [-0.1, -0.05) is 18.2 Å². The van der Waals surface area contributed by atoms with Crippen LogP contribution in [0.2, 0.25) is 0 Å². The molecule has 4 heteroatoms. The first-order valence-electron chi connectivity index (χ1n) is 7.32. The third kappa shape index (κ3) is 3.51. The Morgan fingerprint density at radius 3 is 2.65 bits per heavy atom. The van der Waals surface area contributed by atoms with Crippen LogP contribution in [0.15, 0.2) is 18.2 Å². The first kappa shape index (κ1) is 14.9. The molecule has 1 unspecified atom stereocenters. The summed E-state index contributed by atoms with van der Waals surface area (Å²) in [7, 11) is 0. The maximum Gasteiger partial charge on any atom is 0.263 e. The molecule has 1 atom stereocenters. The van der Waals surface area contributed by atoms with E-state index < -0.39 is 6.10 Å². The Kier molecular flexibility index (Phi) is 5.01. The van der Waals surface area contributed by atoms with E-state index >= 15 is 0 Å². The van der Waals surface area contributed by atoms with Crippen molar-refractivity contribution in [2.24, 2.45) is 0 Å². The van der Waals surface area contributed by atoms with E-state index in [0.29, 0.717) is 0 Å². The predicted octanol–water partition coefficient (Wildman–Crippen LogP) is 1.89. The van der Waals surface area contributed by atoms with E-state index in [9.17, 15) is 4.79 Å². The fourth-order valence-electron chi connectivity index (χ4n) is 2.54. The summed E-state index contributed by atoms with van der Waals surface area (Å²) in [5.74, 6) is 0.914. The highest BCUT2D eigenvalue weighted by atomic mass is 16.5. The van der Waals surface area contributed by atoms with Crippen molar-refractivity contribution in [1.29, 1.82) is 0 Å². The Labute approximate surface area is 121 Å². The van der Waals surface area contributed by atoms with Crippen LogP contribution in [-0.2, 0) is 4.79 Å². The van der Waals surface area contributed by atoms with Crippen LogP contribution < -0.4 is 10.1 Å². The van der Waals surface area contributed by atoms with Gasteiger partial charge < -0.3 is 15.0 Å². The van der Waals surface area contributed by atoms with Gasteiger partial charge in [0.2, 0.25) is 0 Å². The summed E-state index contributed by atoms with van der Waals surface area (Å²) >= 11 is 0. The molecule has 2 rings (SSSR count). The molecule has 1 saturated heterocycles. The molecule has 110 valence electrons. The molecule has 0 bridgehead atoms. The molecule has 4 nitrogen and oxygen atoms in total. The van der Waals surface area contributed by atoms with Gasteiger partial charge in [-0.3, -0.25) is 4.79 Å². The number of hydrogen-bond acceptors (Lipinski definition) is 3. The average molecular weight is 276 g/mol. The SMILES string of the molecule is Cc1cccc(C)c1OC(C)C(=O)N1CCCNCC1. The molecule has 1 fully saturated rings. The topological polar surface area (TPSA) is 41.6 Å². The second-order valence-electron chi connectivity index (χ2n) is 5.41. The molecule has 0 aromatic heterocycles. The minimum Gasteiger partial charge on any atom is -0.480 e. The number of aryl methyl sites for hydroxylation is 2. The Bertz CT molecular complexity index is 445. The number of rotatable bonds is 3. The van der Waals surface area contributed by atoms with Gasteiger partial charge >= 0.3 is 0 Å². The van der Waals surface area contributed by atoms with Crippen LogP contribution in [-0.4, -0.2) is 43.1 Å². The zero-order valence-corrected chi connectivity index (χ0v) is 12.6. The molecule has 20 heavy (non-hydrogen) atoms. The van der Waals surface area contributed by atoms with Crippen LogP contribution in [0.1, 0.15) is 24.5 Å². The highest BCUT2D eigenvalue weighted by molar-refractivity contribution is 5.81. The lowest BCUT2D eigenvalue weighted by molar-refractivity contribution is -0.137. The monoisotopic (exact) mass is 276 g/mol. The molecule has 1 N–H and O–H groups in total. The van der Waals surface area contributed by atoms with Gasteiger partial charge in [-0.25, -0.2) is 0 Å². The Morgan fingerprint density at radius 1 is 1.25 bits per heavy atom. The van der Waals surface area contributed by atoms with Crippen LogP contribution >= 0.6 is 0 Å². The predicted molar refractivity (Wildman–Crippen MR) is 80.1 cm³/mol.